The number of aryl methyl sites for hydroxylation is 1. The Hall–Kier alpha value is -4.91. The molecule has 1 aliphatic heterocycles. The van der Waals surface area contributed by atoms with Crippen LogP contribution in [0.3, 0.4) is 0 Å². The van der Waals surface area contributed by atoms with Gasteiger partial charge in [0.2, 0.25) is 0 Å². The quantitative estimate of drug-likeness (QED) is 0.185. The molecule has 1 atom stereocenters. The summed E-state index contributed by atoms with van der Waals surface area (Å²) in [6.07, 6.45) is 3.30. The fourth-order valence-corrected chi connectivity index (χ4v) is 4.70. The highest BCUT2D eigenvalue weighted by molar-refractivity contribution is 6.46. The molecule has 2 heterocycles. The first-order valence-electron chi connectivity index (χ1n) is 12.5. The number of ether oxygens (including phenoxy) is 2. The lowest BCUT2D eigenvalue weighted by molar-refractivity contribution is -0.140. The second-order valence-corrected chi connectivity index (χ2v) is 9.36. The number of aromatic nitrogens is 1. The molecule has 0 spiro atoms. The average Bonchev–Trinajstić information content (AvgIpc) is 3.21. The Balaban J connectivity index is 1.47. The van der Waals surface area contributed by atoms with Crippen LogP contribution in [-0.2, 0) is 22.7 Å². The summed E-state index contributed by atoms with van der Waals surface area (Å²) in [6.45, 7) is 2.60. The number of ketones is 1. The van der Waals surface area contributed by atoms with E-state index in [4.69, 9.17) is 9.47 Å². The van der Waals surface area contributed by atoms with Gasteiger partial charge in [-0.2, -0.15) is 0 Å². The summed E-state index contributed by atoms with van der Waals surface area (Å²) in [5.41, 5.74) is 4.10. The average molecular weight is 521 g/mol. The molecular weight excluding hydrogens is 492 g/mol. The maximum atomic E-state index is 13.3. The maximum absolute atomic E-state index is 13.3. The van der Waals surface area contributed by atoms with Gasteiger partial charge in [0.25, 0.3) is 11.7 Å². The molecule has 1 fully saturated rings. The molecule has 5 rings (SSSR count). The van der Waals surface area contributed by atoms with Gasteiger partial charge in [0, 0.05) is 24.5 Å². The number of benzene rings is 3. The number of carbonyl (C=O) groups excluding carboxylic acids is 2. The third-order valence-corrected chi connectivity index (χ3v) is 6.66. The van der Waals surface area contributed by atoms with Crippen LogP contribution in [0, 0.1) is 6.92 Å². The Bertz CT molecular complexity index is 1510. The van der Waals surface area contributed by atoms with Gasteiger partial charge >= 0.3 is 0 Å². The van der Waals surface area contributed by atoms with E-state index in [1.54, 1.807) is 74.1 Å². The van der Waals surface area contributed by atoms with E-state index >= 15 is 0 Å². The minimum absolute atomic E-state index is 0.0301. The monoisotopic (exact) mass is 520 g/mol. The van der Waals surface area contributed by atoms with Crippen molar-refractivity contribution >= 4 is 17.4 Å². The number of rotatable bonds is 8. The molecule has 3 aromatic carbocycles. The van der Waals surface area contributed by atoms with Crippen LogP contribution in [-0.4, -0.2) is 33.8 Å². The van der Waals surface area contributed by atoms with Crippen LogP contribution in [0.15, 0.2) is 103 Å². The molecule has 4 aromatic rings. The van der Waals surface area contributed by atoms with Crippen LogP contribution in [0.5, 0.6) is 11.5 Å². The fraction of sp³-hybridized carbons (Fsp3) is 0.156. The lowest BCUT2D eigenvalue weighted by atomic mass is 9.95. The third-order valence-electron chi connectivity index (χ3n) is 6.66. The Morgan fingerprint density at radius 1 is 0.923 bits per heavy atom. The van der Waals surface area contributed by atoms with Gasteiger partial charge in [0.1, 0.15) is 23.9 Å². The molecule has 0 saturated carbocycles. The summed E-state index contributed by atoms with van der Waals surface area (Å²) in [4.78, 5) is 32.1. The van der Waals surface area contributed by atoms with Crippen LogP contribution >= 0.6 is 0 Å². The molecule has 7 heteroatoms. The summed E-state index contributed by atoms with van der Waals surface area (Å²) in [6, 6.07) is 24.8. The van der Waals surface area contributed by atoms with Crippen molar-refractivity contribution in [2.24, 2.45) is 0 Å². The maximum Gasteiger partial charge on any atom is 0.295 e. The van der Waals surface area contributed by atoms with E-state index < -0.39 is 17.7 Å². The Kier molecular flexibility index (Phi) is 7.41. The van der Waals surface area contributed by atoms with E-state index in [0.717, 1.165) is 16.7 Å². The van der Waals surface area contributed by atoms with E-state index in [1.165, 1.54) is 4.90 Å². The predicted molar refractivity (Wildman–Crippen MR) is 147 cm³/mol. The van der Waals surface area contributed by atoms with Crippen molar-refractivity contribution in [2.45, 2.75) is 26.1 Å². The van der Waals surface area contributed by atoms with Crippen molar-refractivity contribution in [3.8, 4) is 11.5 Å². The first-order chi connectivity index (χ1) is 18.9. The highest BCUT2D eigenvalue weighted by Crippen LogP contribution is 2.40. The van der Waals surface area contributed by atoms with Crippen LogP contribution in [0.2, 0.25) is 0 Å². The Labute approximate surface area is 227 Å². The molecule has 0 radical (unpaired) electrons. The van der Waals surface area contributed by atoms with Crippen LogP contribution in [0.4, 0.5) is 0 Å². The van der Waals surface area contributed by atoms with Gasteiger partial charge in [0.05, 0.1) is 18.7 Å². The normalized spacial score (nSPS) is 16.4. The first kappa shape index (κ1) is 25.7. The summed E-state index contributed by atoms with van der Waals surface area (Å²) in [5.74, 6) is -0.398. The van der Waals surface area contributed by atoms with Gasteiger partial charge in [-0.15, -0.1) is 0 Å². The smallest absolute Gasteiger partial charge is 0.295 e. The number of Topliss-reactive ketones (excluding diaryl/α,β-unsaturated/α-hetero) is 1. The van der Waals surface area contributed by atoms with Gasteiger partial charge in [0.15, 0.2) is 0 Å². The fourth-order valence-electron chi connectivity index (χ4n) is 4.70. The zero-order valence-corrected chi connectivity index (χ0v) is 21.7. The van der Waals surface area contributed by atoms with E-state index in [2.05, 4.69) is 11.1 Å². The number of pyridine rings is 1. The topological polar surface area (TPSA) is 89.0 Å². The highest BCUT2D eigenvalue weighted by atomic mass is 16.5. The van der Waals surface area contributed by atoms with Gasteiger partial charge in [-0.05, 0) is 66.1 Å². The second kappa shape index (κ2) is 11.2. The minimum Gasteiger partial charge on any atom is -0.507 e. The van der Waals surface area contributed by atoms with Crippen LogP contribution < -0.4 is 9.47 Å². The molecule has 196 valence electrons. The number of amides is 1. The number of carbonyl (C=O) groups is 2. The predicted octanol–water partition coefficient (Wildman–Crippen LogP) is 5.60. The van der Waals surface area contributed by atoms with Gasteiger partial charge in [-0.1, -0.05) is 48.0 Å². The lowest BCUT2D eigenvalue weighted by Gasteiger charge is -2.25. The van der Waals surface area contributed by atoms with Gasteiger partial charge < -0.3 is 19.5 Å². The zero-order valence-electron chi connectivity index (χ0n) is 21.7. The zero-order chi connectivity index (χ0) is 27.4. The largest absolute Gasteiger partial charge is 0.507 e. The highest BCUT2D eigenvalue weighted by Gasteiger charge is 2.46. The van der Waals surface area contributed by atoms with Crippen molar-refractivity contribution < 1.29 is 24.2 Å². The standard InChI is InChI=1S/C32H28N2O5/c1-21-5-3-6-22(17-21)20-39-27-14-10-25(11-15-27)30(35)28-29(24-8-12-26(38-2)13-9-24)34(32(37)31(28)36)19-23-7-4-16-33-18-23/h3-18,29,35H,19-20H2,1-2H3/b30-28+. The van der Waals surface area contributed by atoms with Gasteiger partial charge in [-0.25, -0.2) is 0 Å². The van der Waals surface area contributed by atoms with E-state index in [1.807, 2.05) is 31.2 Å². The number of aliphatic hydroxyl groups excluding tert-OH is 1. The molecule has 1 unspecified atom stereocenters. The molecular formula is C32H28N2O5. The molecule has 1 aromatic heterocycles. The molecule has 7 nitrogen and oxygen atoms in total. The van der Waals surface area contributed by atoms with Gasteiger partial charge in [-0.3, -0.25) is 14.6 Å². The summed E-state index contributed by atoms with van der Waals surface area (Å²) < 4.78 is 11.2. The van der Waals surface area contributed by atoms with Crippen LogP contribution in [0.25, 0.3) is 5.76 Å². The van der Waals surface area contributed by atoms with E-state index in [-0.39, 0.29) is 17.9 Å². The number of aliphatic hydroxyl groups is 1. The first-order valence-corrected chi connectivity index (χ1v) is 12.5. The SMILES string of the molecule is COc1ccc(C2/C(=C(\O)c3ccc(OCc4cccc(C)c4)cc3)C(=O)C(=O)N2Cc2cccnc2)cc1. The molecule has 1 N–H and O–H groups in total. The minimum atomic E-state index is -0.784. The molecule has 0 aliphatic carbocycles. The molecule has 1 amide bonds. The second-order valence-electron chi connectivity index (χ2n) is 9.36. The van der Waals surface area contributed by atoms with Crippen molar-refractivity contribution in [3.63, 3.8) is 0 Å². The Morgan fingerprint density at radius 2 is 1.64 bits per heavy atom. The van der Waals surface area contributed by atoms with Crippen molar-refractivity contribution in [3.05, 3.63) is 131 Å². The number of hydrogen-bond acceptors (Lipinski definition) is 6. The lowest BCUT2D eigenvalue weighted by Crippen LogP contribution is -2.29. The number of hydrogen-bond donors (Lipinski definition) is 1. The summed E-state index contributed by atoms with van der Waals surface area (Å²) >= 11 is 0. The van der Waals surface area contributed by atoms with Crippen LogP contribution in [0.1, 0.15) is 33.9 Å². The molecule has 39 heavy (non-hydrogen) atoms. The number of nitrogens with zero attached hydrogens (tertiary/aromatic N) is 2. The summed E-state index contributed by atoms with van der Waals surface area (Å²) in [5, 5.41) is 11.4. The summed E-state index contributed by atoms with van der Waals surface area (Å²) in [7, 11) is 1.57. The molecule has 0 bridgehead atoms. The Morgan fingerprint density at radius 3 is 2.31 bits per heavy atom. The van der Waals surface area contributed by atoms with Crippen molar-refractivity contribution in [2.75, 3.05) is 7.11 Å². The van der Waals surface area contributed by atoms with Crippen molar-refractivity contribution in [1.29, 1.82) is 0 Å². The van der Waals surface area contributed by atoms with E-state index in [9.17, 15) is 14.7 Å². The third kappa shape index (κ3) is 5.52. The van der Waals surface area contributed by atoms with Crippen molar-refractivity contribution in [1.82, 2.24) is 9.88 Å². The number of methoxy groups -OCH3 is 1. The van der Waals surface area contributed by atoms with E-state index in [0.29, 0.717) is 29.2 Å². The molecule has 1 aliphatic rings. The number of likely N-dealkylation sites (tertiary alicyclic amines) is 1. The molecule has 1 saturated heterocycles.